The van der Waals surface area contributed by atoms with Crippen LogP contribution in [0.5, 0.6) is 0 Å². The second-order valence-electron chi connectivity index (χ2n) is 6.94. The van der Waals surface area contributed by atoms with Crippen LogP contribution in [-0.4, -0.2) is 32.8 Å². The van der Waals surface area contributed by atoms with Gasteiger partial charge in [0.05, 0.1) is 17.1 Å². The first-order valence-corrected chi connectivity index (χ1v) is 10.7. The fourth-order valence-electron chi connectivity index (χ4n) is 3.12. The molecule has 6 nitrogen and oxygen atoms in total. The van der Waals surface area contributed by atoms with E-state index in [9.17, 15) is 17.6 Å². The molecule has 8 heteroatoms. The van der Waals surface area contributed by atoms with Crippen LogP contribution in [0.25, 0.3) is 0 Å². The lowest BCUT2D eigenvalue weighted by Gasteiger charge is -2.09. The monoisotopic (exact) mass is 423 g/mol. The number of aryl methyl sites for hydroxylation is 1. The summed E-state index contributed by atoms with van der Waals surface area (Å²) in [7, 11) is -3.97. The normalized spacial score (nSPS) is 15.2. The first kappa shape index (κ1) is 19.9. The van der Waals surface area contributed by atoms with Crippen LogP contribution in [0.4, 0.5) is 4.39 Å². The number of dihydropyridines is 1. The zero-order valence-electron chi connectivity index (χ0n) is 16.1. The zero-order chi connectivity index (χ0) is 21.3. The van der Waals surface area contributed by atoms with E-state index in [2.05, 4.69) is 15.3 Å². The molecule has 4 rings (SSSR count). The van der Waals surface area contributed by atoms with Crippen molar-refractivity contribution in [2.45, 2.75) is 23.3 Å². The first-order chi connectivity index (χ1) is 14.3. The molecule has 0 atom stereocenters. The summed E-state index contributed by atoms with van der Waals surface area (Å²) in [6.45, 7) is 2.45. The number of amides is 1. The zero-order valence-corrected chi connectivity index (χ0v) is 16.9. The van der Waals surface area contributed by atoms with Crippen LogP contribution in [0.2, 0.25) is 0 Å². The third-order valence-electron chi connectivity index (χ3n) is 4.74. The third-order valence-corrected chi connectivity index (χ3v) is 6.53. The summed E-state index contributed by atoms with van der Waals surface area (Å²) >= 11 is 0. The van der Waals surface area contributed by atoms with Crippen LogP contribution >= 0.6 is 0 Å². The Morgan fingerprint density at radius 2 is 1.93 bits per heavy atom. The van der Waals surface area contributed by atoms with Crippen LogP contribution in [0.15, 0.2) is 85.7 Å². The number of nitrogens with zero attached hydrogens (tertiary/aromatic N) is 2. The molecular weight excluding hydrogens is 405 g/mol. The Kier molecular flexibility index (Phi) is 5.17. The SMILES string of the molecule is Cc1ccc(F)c(S(=O)(=O)c2ccc(CNC(=O)C3=NC4=CCN=CC4=C3)cc2)c1. The van der Waals surface area contributed by atoms with E-state index < -0.39 is 15.7 Å². The number of nitrogens with one attached hydrogen (secondary N) is 1. The molecule has 0 radical (unpaired) electrons. The topological polar surface area (TPSA) is 88.0 Å². The highest BCUT2D eigenvalue weighted by atomic mass is 32.2. The van der Waals surface area contributed by atoms with E-state index in [0.29, 0.717) is 23.4 Å². The number of carbonyl (C=O) groups excluding carboxylic acids is 1. The van der Waals surface area contributed by atoms with E-state index in [4.69, 9.17) is 0 Å². The Morgan fingerprint density at radius 1 is 1.17 bits per heavy atom. The molecule has 1 N–H and O–H groups in total. The molecule has 152 valence electrons. The van der Waals surface area contributed by atoms with Crippen LogP contribution in [-0.2, 0) is 21.2 Å². The van der Waals surface area contributed by atoms with Gasteiger partial charge in [0.2, 0.25) is 9.84 Å². The van der Waals surface area contributed by atoms with Crippen LogP contribution in [0.1, 0.15) is 11.1 Å². The maximum absolute atomic E-state index is 14.0. The molecule has 2 aliphatic heterocycles. The Labute approximate surface area is 173 Å². The minimum absolute atomic E-state index is 0.0118. The summed E-state index contributed by atoms with van der Waals surface area (Å²) in [6, 6.07) is 9.96. The Balaban J connectivity index is 1.45. The predicted octanol–water partition coefficient (Wildman–Crippen LogP) is 2.93. The van der Waals surface area contributed by atoms with E-state index in [1.165, 1.54) is 24.3 Å². The van der Waals surface area contributed by atoms with Gasteiger partial charge < -0.3 is 5.32 Å². The van der Waals surface area contributed by atoms with Gasteiger partial charge in [-0.25, -0.2) is 17.8 Å². The van der Waals surface area contributed by atoms with Crippen molar-refractivity contribution in [3.63, 3.8) is 0 Å². The number of fused-ring (bicyclic) bond motifs is 1. The van der Waals surface area contributed by atoms with Gasteiger partial charge in [0.1, 0.15) is 16.4 Å². The molecule has 1 amide bonds. The molecule has 0 saturated carbocycles. The highest BCUT2D eigenvalue weighted by Gasteiger charge is 2.22. The standard InChI is InChI=1S/C22H18FN3O3S/c1-14-2-7-18(23)21(10-14)30(28,29)17-5-3-15(4-6-17)12-25-22(27)20-11-16-13-24-9-8-19(16)26-20/h2-8,10-11,13H,9,12H2,1H3,(H,25,27). The number of hydrogen-bond donors (Lipinski definition) is 1. The minimum atomic E-state index is -3.97. The number of halogens is 1. The maximum atomic E-state index is 14.0. The lowest BCUT2D eigenvalue weighted by molar-refractivity contribution is -0.114. The number of benzene rings is 2. The van der Waals surface area contributed by atoms with E-state index in [1.807, 2.05) is 6.08 Å². The summed E-state index contributed by atoms with van der Waals surface area (Å²) in [5, 5.41) is 2.76. The van der Waals surface area contributed by atoms with E-state index >= 15 is 0 Å². The molecule has 0 bridgehead atoms. The first-order valence-electron chi connectivity index (χ1n) is 9.24. The molecule has 2 heterocycles. The predicted molar refractivity (Wildman–Crippen MR) is 112 cm³/mol. The van der Waals surface area contributed by atoms with Gasteiger partial charge in [-0.2, -0.15) is 0 Å². The number of aliphatic imine (C=N–C) groups is 2. The highest BCUT2D eigenvalue weighted by molar-refractivity contribution is 7.91. The van der Waals surface area contributed by atoms with Crippen molar-refractivity contribution < 1.29 is 17.6 Å². The molecular formula is C22H18FN3O3S. The third kappa shape index (κ3) is 3.86. The van der Waals surface area contributed by atoms with Crippen molar-refractivity contribution in [3.8, 4) is 0 Å². The second kappa shape index (κ2) is 7.79. The summed E-state index contributed by atoms with van der Waals surface area (Å²) < 4.78 is 39.5. The lowest BCUT2D eigenvalue weighted by atomic mass is 10.1. The average Bonchev–Trinajstić information content (AvgIpc) is 3.18. The largest absolute Gasteiger partial charge is 0.347 e. The van der Waals surface area contributed by atoms with Gasteiger partial charge in [0.25, 0.3) is 5.91 Å². The van der Waals surface area contributed by atoms with E-state index in [0.717, 1.165) is 17.3 Å². The van der Waals surface area contributed by atoms with Crippen molar-refractivity contribution in [3.05, 3.63) is 82.8 Å². The van der Waals surface area contributed by atoms with Gasteiger partial charge in [0.15, 0.2) is 0 Å². The fourth-order valence-corrected chi connectivity index (χ4v) is 4.54. The van der Waals surface area contributed by atoms with Crippen molar-refractivity contribution in [1.29, 1.82) is 0 Å². The molecule has 2 aromatic carbocycles. The molecule has 0 fully saturated rings. The van der Waals surface area contributed by atoms with Crippen LogP contribution in [0, 0.1) is 12.7 Å². The molecule has 0 aliphatic carbocycles. The van der Waals surface area contributed by atoms with Gasteiger partial charge in [-0.05, 0) is 54.5 Å². The van der Waals surface area contributed by atoms with Gasteiger partial charge in [0, 0.05) is 18.3 Å². The quantitative estimate of drug-likeness (QED) is 0.802. The smallest absolute Gasteiger partial charge is 0.270 e. The summed E-state index contributed by atoms with van der Waals surface area (Å²) in [5.74, 6) is -1.12. The van der Waals surface area contributed by atoms with Crippen LogP contribution < -0.4 is 5.32 Å². The summed E-state index contributed by atoms with van der Waals surface area (Å²) in [6.07, 6.45) is 5.22. The Bertz CT molecular complexity index is 1260. The molecule has 30 heavy (non-hydrogen) atoms. The van der Waals surface area contributed by atoms with Crippen LogP contribution in [0.3, 0.4) is 0 Å². The van der Waals surface area contributed by atoms with Gasteiger partial charge >= 0.3 is 0 Å². The molecule has 0 unspecified atom stereocenters. The number of rotatable bonds is 5. The minimum Gasteiger partial charge on any atom is -0.347 e. The highest BCUT2D eigenvalue weighted by Crippen LogP contribution is 2.25. The number of carbonyl (C=O) groups is 1. The van der Waals surface area contributed by atoms with Crippen molar-refractivity contribution in [1.82, 2.24) is 5.32 Å². The Morgan fingerprint density at radius 3 is 2.67 bits per heavy atom. The van der Waals surface area contributed by atoms with Gasteiger partial charge in [-0.3, -0.25) is 9.79 Å². The average molecular weight is 423 g/mol. The van der Waals surface area contributed by atoms with E-state index in [1.54, 1.807) is 31.3 Å². The molecule has 2 aromatic rings. The maximum Gasteiger partial charge on any atom is 0.270 e. The molecule has 0 aromatic heterocycles. The summed E-state index contributed by atoms with van der Waals surface area (Å²) in [5.41, 5.74) is 3.22. The molecule has 0 saturated heterocycles. The number of sulfone groups is 1. The van der Waals surface area contributed by atoms with Crippen molar-refractivity contribution in [2.24, 2.45) is 9.98 Å². The molecule has 0 spiro atoms. The fraction of sp³-hybridized carbons (Fsp3) is 0.136. The van der Waals surface area contributed by atoms with Gasteiger partial charge in [-0.15, -0.1) is 0 Å². The summed E-state index contributed by atoms with van der Waals surface area (Å²) in [4.78, 5) is 20.4. The molecule has 2 aliphatic rings. The van der Waals surface area contributed by atoms with Crippen molar-refractivity contribution >= 4 is 27.7 Å². The van der Waals surface area contributed by atoms with Gasteiger partial charge in [-0.1, -0.05) is 18.2 Å². The second-order valence-corrected chi connectivity index (χ2v) is 8.86. The number of allylic oxidation sites excluding steroid dienone is 1. The van der Waals surface area contributed by atoms with Crippen molar-refractivity contribution in [2.75, 3.05) is 6.54 Å². The Hall–Kier alpha value is -3.39. The van der Waals surface area contributed by atoms with E-state index in [-0.39, 0.29) is 22.2 Å². The lowest BCUT2D eigenvalue weighted by Crippen LogP contribution is -2.28. The number of hydrogen-bond acceptors (Lipinski definition) is 5.